The molecule has 0 aliphatic carbocycles. The normalized spacial score (nSPS) is 11.3. The van der Waals surface area contributed by atoms with Crippen molar-refractivity contribution in [3.8, 4) is 5.75 Å². The number of ether oxygens (including phenoxy) is 2. The maximum absolute atomic E-state index is 12.9. The van der Waals surface area contributed by atoms with Crippen molar-refractivity contribution in [2.75, 3.05) is 19.0 Å². The van der Waals surface area contributed by atoms with Gasteiger partial charge >= 0.3 is 17.8 Å². The van der Waals surface area contributed by atoms with E-state index in [0.717, 1.165) is 12.1 Å². The number of amides is 1. The molecule has 1 heterocycles. The molecule has 3 aromatic rings. The molecule has 0 spiro atoms. The van der Waals surface area contributed by atoms with E-state index in [2.05, 4.69) is 5.32 Å². The zero-order valence-electron chi connectivity index (χ0n) is 15.7. The van der Waals surface area contributed by atoms with E-state index in [1.165, 1.54) is 13.2 Å². The molecular formula is C20H13ClF3NO6. The molecule has 0 aliphatic heterocycles. The first-order chi connectivity index (χ1) is 14.6. The van der Waals surface area contributed by atoms with Crippen LogP contribution < -0.4 is 15.7 Å². The quantitative estimate of drug-likeness (QED) is 0.456. The molecule has 1 N–H and O–H groups in total. The summed E-state index contributed by atoms with van der Waals surface area (Å²) in [5, 5.41) is 2.01. The summed E-state index contributed by atoms with van der Waals surface area (Å²) in [6.45, 7) is -0.849. The van der Waals surface area contributed by atoms with Gasteiger partial charge in [0, 0.05) is 11.1 Å². The Bertz CT molecular complexity index is 1220. The van der Waals surface area contributed by atoms with E-state index in [1.807, 2.05) is 0 Å². The summed E-state index contributed by atoms with van der Waals surface area (Å²) in [6.07, 6.45) is -4.71. The molecule has 0 aliphatic rings. The van der Waals surface area contributed by atoms with Gasteiger partial charge in [0.15, 0.2) is 17.9 Å². The van der Waals surface area contributed by atoms with Gasteiger partial charge in [0.25, 0.3) is 5.91 Å². The number of anilines is 1. The van der Waals surface area contributed by atoms with Gasteiger partial charge in [-0.1, -0.05) is 23.7 Å². The molecule has 0 unspecified atom stereocenters. The monoisotopic (exact) mass is 455 g/mol. The molecule has 3 rings (SSSR count). The highest BCUT2D eigenvalue weighted by atomic mass is 35.5. The Kier molecular flexibility index (Phi) is 6.21. The maximum atomic E-state index is 12.9. The first-order valence-corrected chi connectivity index (χ1v) is 8.92. The van der Waals surface area contributed by atoms with Crippen LogP contribution in [0.5, 0.6) is 5.75 Å². The van der Waals surface area contributed by atoms with E-state index >= 15 is 0 Å². The average Bonchev–Trinajstić information content (AvgIpc) is 2.71. The van der Waals surface area contributed by atoms with Crippen molar-refractivity contribution < 1.29 is 36.7 Å². The third-order valence-electron chi connectivity index (χ3n) is 4.05. The van der Waals surface area contributed by atoms with Crippen LogP contribution in [0.2, 0.25) is 5.02 Å². The van der Waals surface area contributed by atoms with E-state index in [4.69, 9.17) is 25.5 Å². The highest BCUT2D eigenvalue weighted by molar-refractivity contribution is 6.31. The van der Waals surface area contributed by atoms with Crippen LogP contribution in [0.3, 0.4) is 0 Å². The Morgan fingerprint density at radius 1 is 1.16 bits per heavy atom. The summed E-state index contributed by atoms with van der Waals surface area (Å²) in [6, 6.07) is 8.75. The summed E-state index contributed by atoms with van der Waals surface area (Å²) in [7, 11) is 1.38. The number of carbonyl (C=O) groups is 2. The molecule has 0 saturated carbocycles. The van der Waals surface area contributed by atoms with Crippen molar-refractivity contribution in [3.05, 3.63) is 69.0 Å². The van der Waals surface area contributed by atoms with Gasteiger partial charge in [-0.2, -0.15) is 13.2 Å². The molecule has 0 saturated heterocycles. The fourth-order valence-corrected chi connectivity index (χ4v) is 2.87. The molecular weight excluding hydrogens is 443 g/mol. The number of nitrogens with one attached hydrogen (secondary N) is 1. The first-order valence-electron chi connectivity index (χ1n) is 8.54. The van der Waals surface area contributed by atoms with Gasteiger partial charge in [-0.25, -0.2) is 9.59 Å². The Morgan fingerprint density at radius 2 is 1.90 bits per heavy atom. The third-order valence-corrected chi connectivity index (χ3v) is 4.38. The molecule has 7 nitrogen and oxygen atoms in total. The predicted molar refractivity (Wildman–Crippen MR) is 104 cm³/mol. The van der Waals surface area contributed by atoms with Crippen LogP contribution in [0.1, 0.15) is 15.9 Å². The summed E-state index contributed by atoms with van der Waals surface area (Å²) >= 11 is 5.51. The van der Waals surface area contributed by atoms with Gasteiger partial charge in [0.1, 0.15) is 5.56 Å². The lowest BCUT2D eigenvalue weighted by Crippen LogP contribution is -2.23. The van der Waals surface area contributed by atoms with E-state index in [1.54, 1.807) is 18.2 Å². The van der Waals surface area contributed by atoms with Crippen LogP contribution in [-0.4, -0.2) is 25.6 Å². The summed E-state index contributed by atoms with van der Waals surface area (Å²) in [5.74, 6) is -1.77. The molecule has 1 amide bonds. The fraction of sp³-hybridized carbons (Fsp3) is 0.150. The number of methoxy groups -OCH3 is 1. The van der Waals surface area contributed by atoms with Gasteiger partial charge < -0.3 is 19.2 Å². The Hall–Kier alpha value is -3.53. The number of hydrogen-bond acceptors (Lipinski definition) is 6. The topological polar surface area (TPSA) is 94.8 Å². The number of esters is 1. The van der Waals surface area contributed by atoms with Gasteiger partial charge in [0.05, 0.1) is 17.7 Å². The second-order valence-corrected chi connectivity index (χ2v) is 6.55. The van der Waals surface area contributed by atoms with Crippen molar-refractivity contribution in [2.45, 2.75) is 6.18 Å². The van der Waals surface area contributed by atoms with Crippen LogP contribution in [0.15, 0.2) is 51.7 Å². The second-order valence-electron chi connectivity index (χ2n) is 6.14. The number of benzene rings is 2. The first kappa shape index (κ1) is 22.2. The SMILES string of the molecule is COc1cccc2cc(C(=O)OCC(=O)Nc3ccc(Cl)c(C(F)(F)F)c3)c(=O)oc12. The average molecular weight is 456 g/mol. The van der Waals surface area contributed by atoms with E-state index in [9.17, 15) is 27.6 Å². The summed E-state index contributed by atoms with van der Waals surface area (Å²) in [4.78, 5) is 36.2. The molecule has 0 atom stereocenters. The third kappa shape index (κ3) is 4.97. The minimum atomic E-state index is -4.71. The fourth-order valence-electron chi connectivity index (χ4n) is 2.65. The number of rotatable bonds is 5. The highest BCUT2D eigenvalue weighted by Crippen LogP contribution is 2.36. The number of para-hydroxylation sites is 1. The number of alkyl halides is 3. The number of carbonyl (C=O) groups excluding carboxylic acids is 2. The lowest BCUT2D eigenvalue weighted by Gasteiger charge is -2.12. The van der Waals surface area contributed by atoms with Crippen molar-refractivity contribution in [3.63, 3.8) is 0 Å². The van der Waals surface area contributed by atoms with Gasteiger partial charge in [-0.05, 0) is 30.3 Å². The molecule has 0 radical (unpaired) electrons. The van der Waals surface area contributed by atoms with Gasteiger partial charge in [-0.3, -0.25) is 4.79 Å². The smallest absolute Gasteiger partial charge is 0.417 e. The maximum Gasteiger partial charge on any atom is 0.417 e. The number of fused-ring (bicyclic) bond motifs is 1. The molecule has 1 aromatic heterocycles. The molecule has 0 bridgehead atoms. The van der Waals surface area contributed by atoms with Crippen LogP contribution in [0.4, 0.5) is 18.9 Å². The minimum absolute atomic E-state index is 0.132. The minimum Gasteiger partial charge on any atom is -0.493 e. The Labute approximate surface area is 177 Å². The lowest BCUT2D eigenvalue weighted by molar-refractivity contribution is -0.137. The van der Waals surface area contributed by atoms with Crippen molar-refractivity contribution in [1.82, 2.24) is 0 Å². The zero-order chi connectivity index (χ0) is 22.8. The molecule has 162 valence electrons. The van der Waals surface area contributed by atoms with E-state index in [0.29, 0.717) is 11.5 Å². The molecule has 2 aromatic carbocycles. The zero-order valence-corrected chi connectivity index (χ0v) is 16.5. The predicted octanol–water partition coefficient (Wildman–Crippen LogP) is 4.27. The van der Waals surface area contributed by atoms with Crippen LogP contribution in [-0.2, 0) is 15.7 Å². The van der Waals surface area contributed by atoms with Crippen LogP contribution in [0, 0.1) is 0 Å². The molecule has 11 heteroatoms. The largest absolute Gasteiger partial charge is 0.493 e. The van der Waals surface area contributed by atoms with Crippen molar-refractivity contribution in [1.29, 1.82) is 0 Å². The van der Waals surface area contributed by atoms with Crippen LogP contribution in [0.25, 0.3) is 11.0 Å². The van der Waals surface area contributed by atoms with Crippen LogP contribution >= 0.6 is 11.6 Å². The summed E-state index contributed by atoms with van der Waals surface area (Å²) < 4.78 is 53.6. The Morgan fingerprint density at radius 3 is 2.58 bits per heavy atom. The van der Waals surface area contributed by atoms with E-state index in [-0.39, 0.29) is 17.0 Å². The Balaban J connectivity index is 1.71. The number of hydrogen-bond donors (Lipinski definition) is 1. The van der Waals surface area contributed by atoms with Gasteiger partial charge in [0.2, 0.25) is 0 Å². The second kappa shape index (κ2) is 8.68. The van der Waals surface area contributed by atoms with E-state index < -0.39 is 46.4 Å². The lowest BCUT2D eigenvalue weighted by atomic mass is 10.2. The molecule has 0 fully saturated rings. The number of halogens is 4. The van der Waals surface area contributed by atoms with Gasteiger partial charge in [-0.15, -0.1) is 0 Å². The highest BCUT2D eigenvalue weighted by Gasteiger charge is 2.33. The van der Waals surface area contributed by atoms with Crippen molar-refractivity contribution in [2.24, 2.45) is 0 Å². The summed E-state index contributed by atoms with van der Waals surface area (Å²) in [5.41, 5.74) is -2.66. The molecule has 31 heavy (non-hydrogen) atoms. The standard InChI is InChI=1S/C20H13ClF3NO6/c1-29-15-4-2-3-10-7-12(19(28)31-17(10)15)18(27)30-9-16(26)25-11-5-6-14(21)13(8-11)20(22,23)24/h2-8H,9H2,1H3,(H,25,26). The van der Waals surface area contributed by atoms with Crippen molar-refractivity contribution >= 4 is 40.1 Å².